The molecule has 1 aliphatic rings. The highest BCUT2D eigenvalue weighted by Gasteiger charge is 2.49. The van der Waals surface area contributed by atoms with Gasteiger partial charge in [0.05, 0.1) is 23.1 Å². The van der Waals surface area contributed by atoms with Gasteiger partial charge in [0.2, 0.25) is 5.89 Å². The molecule has 1 atom stereocenters. The Bertz CT molecular complexity index is 1100. The summed E-state index contributed by atoms with van der Waals surface area (Å²) < 4.78 is 5.70. The van der Waals surface area contributed by atoms with E-state index in [-0.39, 0.29) is 12.5 Å². The van der Waals surface area contributed by atoms with Crippen LogP contribution in [0, 0.1) is 18.3 Å². The van der Waals surface area contributed by atoms with E-state index in [0.717, 1.165) is 9.78 Å². The van der Waals surface area contributed by atoms with E-state index in [1.165, 1.54) is 11.3 Å². The molecule has 2 aromatic heterocycles. The Morgan fingerprint density at radius 2 is 2.04 bits per heavy atom. The van der Waals surface area contributed by atoms with Gasteiger partial charge in [-0.2, -0.15) is 5.26 Å². The Balaban J connectivity index is 1.60. The molecule has 0 radical (unpaired) electrons. The lowest BCUT2D eigenvalue weighted by Crippen LogP contribution is -2.40. The highest BCUT2D eigenvalue weighted by molar-refractivity contribution is 7.13. The molecule has 1 unspecified atom stereocenters. The fourth-order valence-electron chi connectivity index (χ4n) is 3.14. The van der Waals surface area contributed by atoms with Gasteiger partial charge in [-0.15, -0.1) is 11.3 Å². The Morgan fingerprint density at radius 1 is 1.29 bits per heavy atom. The normalized spacial score (nSPS) is 19.0. The molecule has 140 valence electrons. The van der Waals surface area contributed by atoms with Crippen LogP contribution >= 0.6 is 11.3 Å². The predicted molar refractivity (Wildman–Crippen MR) is 102 cm³/mol. The Kier molecular flexibility index (Phi) is 4.24. The number of imide groups is 1. The molecule has 1 N–H and O–H groups in total. The number of rotatable bonds is 4. The molecule has 1 saturated heterocycles. The minimum absolute atomic E-state index is 0.0250. The van der Waals surface area contributed by atoms with E-state index >= 15 is 0 Å². The molecule has 1 fully saturated rings. The van der Waals surface area contributed by atoms with E-state index in [4.69, 9.17) is 9.68 Å². The summed E-state index contributed by atoms with van der Waals surface area (Å²) in [4.78, 5) is 32.1. The minimum atomic E-state index is -1.20. The first kappa shape index (κ1) is 17.9. The van der Waals surface area contributed by atoms with Gasteiger partial charge >= 0.3 is 6.03 Å². The van der Waals surface area contributed by atoms with E-state index < -0.39 is 11.6 Å². The Morgan fingerprint density at radius 3 is 2.68 bits per heavy atom. The molecule has 4 rings (SSSR count). The van der Waals surface area contributed by atoms with E-state index in [2.05, 4.69) is 10.3 Å². The number of hydrogen-bond acceptors (Lipinski definition) is 6. The van der Waals surface area contributed by atoms with Crippen LogP contribution in [0.15, 0.2) is 46.2 Å². The third-order valence-electron chi connectivity index (χ3n) is 4.80. The van der Waals surface area contributed by atoms with Crippen LogP contribution in [0.3, 0.4) is 0 Å². The number of carbonyl (C=O) groups is 2. The molecule has 28 heavy (non-hydrogen) atoms. The molecule has 8 heteroatoms. The second kappa shape index (κ2) is 6.62. The van der Waals surface area contributed by atoms with E-state index in [1.54, 1.807) is 38.1 Å². The van der Waals surface area contributed by atoms with E-state index in [9.17, 15) is 9.59 Å². The molecule has 3 aromatic rings. The van der Waals surface area contributed by atoms with Crippen molar-refractivity contribution in [1.82, 2.24) is 15.2 Å². The molecule has 3 heterocycles. The first-order chi connectivity index (χ1) is 13.4. The van der Waals surface area contributed by atoms with Crippen molar-refractivity contribution in [2.75, 3.05) is 0 Å². The molecule has 1 aromatic carbocycles. The number of nitriles is 1. The number of carbonyl (C=O) groups excluding carboxylic acids is 2. The molecule has 0 aliphatic carbocycles. The average molecular weight is 392 g/mol. The Labute approximate surface area is 165 Å². The van der Waals surface area contributed by atoms with Crippen molar-refractivity contribution in [2.45, 2.75) is 25.9 Å². The summed E-state index contributed by atoms with van der Waals surface area (Å²) in [6.45, 7) is 3.44. The fourth-order valence-corrected chi connectivity index (χ4v) is 3.79. The second-order valence-electron chi connectivity index (χ2n) is 6.63. The molecule has 7 nitrogen and oxygen atoms in total. The Hall–Kier alpha value is -3.44. The lowest BCUT2D eigenvalue weighted by molar-refractivity contribution is -0.131. The number of amides is 3. The van der Waals surface area contributed by atoms with Crippen molar-refractivity contribution in [1.29, 1.82) is 5.26 Å². The van der Waals surface area contributed by atoms with E-state index in [0.29, 0.717) is 28.5 Å². The number of nitrogens with one attached hydrogen (secondary N) is 1. The van der Waals surface area contributed by atoms with Gasteiger partial charge in [0.1, 0.15) is 17.0 Å². The third-order valence-corrected chi connectivity index (χ3v) is 5.66. The van der Waals surface area contributed by atoms with Crippen LogP contribution in [-0.4, -0.2) is 21.8 Å². The molecule has 3 amide bonds. The monoisotopic (exact) mass is 392 g/mol. The van der Waals surface area contributed by atoms with Crippen molar-refractivity contribution in [3.63, 3.8) is 0 Å². The quantitative estimate of drug-likeness (QED) is 0.685. The smallest absolute Gasteiger partial charge is 0.325 e. The van der Waals surface area contributed by atoms with Gasteiger partial charge in [-0.3, -0.25) is 9.69 Å². The molecule has 1 aliphatic heterocycles. The number of aromatic nitrogens is 1. The summed E-state index contributed by atoms with van der Waals surface area (Å²) in [6, 6.07) is 11.9. The maximum atomic E-state index is 13.1. The first-order valence-corrected chi connectivity index (χ1v) is 9.45. The molecular formula is C20H16N4O3S. The van der Waals surface area contributed by atoms with Crippen molar-refractivity contribution < 1.29 is 14.0 Å². The van der Waals surface area contributed by atoms with Gasteiger partial charge in [-0.1, -0.05) is 18.2 Å². The van der Waals surface area contributed by atoms with Gasteiger partial charge in [0.25, 0.3) is 5.91 Å². The SMILES string of the molecule is Cc1oc(-c2cccs2)nc1CN1C(=O)NC(C)(c2ccc(C#N)cc2)C1=O. The van der Waals surface area contributed by atoms with Crippen LogP contribution < -0.4 is 5.32 Å². The van der Waals surface area contributed by atoms with Crippen LogP contribution in [0.4, 0.5) is 4.79 Å². The molecule has 0 spiro atoms. The fraction of sp³-hybridized carbons (Fsp3) is 0.200. The van der Waals surface area contributed by atoms with Crippen LogP contribution in [0.1, 0.15) is 29.5 Å². The summed E-state index contributed by atoms with van der Waals surface area (Å²) in [5.41, 5.74) is 0.444. The zero-order chi connectivity index (χ0) is 19.9. The number of thiophene rings is 1. The highest BCUT2D eigenvalue weighted by Crippen LogP contribution is 2.31. The minimum Gasteiger partial charge on any atom is -0.440 e. The average Bonchev–Trinajstić information content (AvgIpc) is 3.39. The topological polar surface area (TPSA) is 99.2 Å². The summed E-state index contributed by atoms with van der Waals surface area (Å²) in [5, 5.41) is 13.6. The molecular weight excluding hydrogens is 376 g/mol. The molecule has 0 bridgehead atoms. The summed E-state index contributed by atoms with van der Waals surface area (Å²) in [5.74, 6) is 0.669. The van der Waals surface area contributed by atoms with Crippen molar-refractivity contribution in [3.05, 3.63) is 64.4 Å². The number of nitrogens with zero attached hydrogens (tertiary/aromatic N) is 3. The first-order valence-electron chi connectivity index (χ1n) is 8.57. The zero-order valence-electron chi connectivity index (χ0n) is 15.2. The van der Waals surface area contributed by atoms with Crippen LogP contribution in [0.25, 0.3) is 10.8 Å². The standard InChI is InChI=1S/C20H16N4O3S/c1-12-15(22-17(27-12)16-4-3-9-28-16)11-24-18(25)20(2,23-19(24)26)14-7-5-13(10-21)6-8-14/h3-9H,11H2,1-2H3,(H,23,26). The predicted octanol–water partition coefficient (Wildman–Crippen LogP) is 3.55. The van der Waals surface area contributed by atoms with Gasteiger partial charge < -0.3 is 9.73 Å². The number of oxazole rings is 1. The highest BCUT2D eigenvalue weighted by atomic mass is 32.1. The van der Waals surface area contributed by atoms with Gasteiger partial charge in [-0.25, -0.2) is 9.78 Å². The maximum Gasteiger partial charge on any atom is 0.325 e. The van der Waals surface area contributed by atoms with Gasteiger partial charge in [-0.05, 0) is 43.0 Å². The van der Waals surface area contributed by atoms with Crippen molar-refractivity contribution >= 4 is 23.3 Å². The summed E-state index contributed by atoms with van der Waals surface area (Å²) in [7, 11) is 0. The number of aryl methyl sites for hydroxylation is 1. The second-order valence-corrected chi connectivity index (χ2v) is 7.58. The van der Waals surface area contributed by atoms with Crippen LogP contribution in [0.2, 0.25) is 0 Å². The summed E-state index contributed by atoms with van der Waals surface area (Å²) >= 11 is 1.50. The largest absolute Gasteiger partial charge is 0.440 e. The van der Waals surface area contributed by atoms with Gasteiger partial charge in [0, 0.05) is 0 Å². The van der Waals surface area contributed by atoms with Gasteiger partial charge in [0.15, 0.2) is 0 Å². The van der Waals surface area contributed by atoms with Crippen LogP contribution in [0.5, 0.6) is 0 Å². The maximum absolute atomic E-state index is 13.1. The zero-order valence-corrected chi connectivity index (χ0v) is 16.0. The lowest BCUT2D eigenvalue weighted by Gasteiger charge is -2.22. The van der Waals surface area contributed by atoms with E-state index in [1.807, 2.05) is 23.6 Å². The molecule has 0 saturated carbocycles. The number of hydrogen-bond donors (Lipinski definition) is 1. The van der Waals surface area contributed by atoms with Crippen molar-refractivity contribution in [3.8, 4) is 16.8 Å². The third kappa shape index (κ3) is 2.86. The summed E-state index contributed by atoms with van der Waals surface area (Å²) in [6.07, 6.45) is 0. The number of benzene rings is 1. The lowest BCUT2D eigenvalue weighted by atomic mass is 9.91. The van der Waals surface area contributed by atoms with Crippen molar-refractivity contribution in [2.24, 2.45) is 0 Å². The van der Waals surface area contributed by atoms with Crippen LogP contribution in [-0.2, 0) is 16.9 Å². The number of urea groups is 1.